The molecule has 200 valence electrons. The summed E-state index contributed by atoms with van der Waals surface area (Å²) in [6.45, 7) is 2.68. The summed E-state index contributed by atoms with van der Waals surface area (Å²) in [6, 6.07) is 7.53. The summed E-state index contributed by atoms with van der Waals surface area (Å²) in [5, 5.41) is 18.5. The Hall–Kier alpha value is -2.82. The number of aliphatic hydroxyl groups is 1. The minimum Gasteiger partial charge on any atom is -0.494 e. The van der Waals surface area contributed by atoms with Crippen molar-refractivity contribution in [3.63, 3.8) is 0 Å². The van der Waals surface area contributed by atoms with Crippen molar-refractivity contribution in [2.24, 2.45) is 5.41 Å². The lowest BCUT2D eigenvalue weighted by Gasteiger charge is -2.43. The third-order valence-electron chi connectivity index (χ3n) is 8.63. The lowest BCUT2D eigenvalue weighted by Crippen LogP contribution is -2.55. The molecule has 4 fully saturated rings. The molecule has 11 heteroatoms. The van der Waals surface area contributed by atoms with Crippen molar-refractivity contribution in [2.45, 2.75) is 68.6 Å². The van der Waals surface area contributed by atoms with Gasteiger partial charge in [0.1, 0.15) is 17.2 Å². The van der Waals surface area contributed by atoms with Gasteiger partial charge in [0.2, 0.25) is 0 Å². The van der Waals surface area contributed by atoms with Crippen LogP contribution in [-0.2, 0) is 5.60 Å². The van der Waals surface area contributed by atoms with E-state index in [0.717, 1.165) is 37.1 Å². The molecule has 37 heavy (non-hydrogen) atoms. The summed E-state index contributed by atoms with van der Waals surface area (Å²) in [5.41, 5.74) is -1.26. The second kappa shape index (κ2) is 8.89. The van der Waals surface area contributed by atoms with E-state index in [9.17, 15) is 23.1 Å². The van der Waals surface area contributed by atoms with Crippen LogP contribution in [-0.4, -0.2) is 75.1 Å². The molecule has 6 rings (SSSR count). The molecule has 2 saturated carbocycles. The fraction of sp³-hybridized carbons (Fsp3) is 0.654. The average Bonchev–Trinajstić information content (AvgIpc) is 3.75. The molecule has 0 bridgehead atoms. The van der Waals surface area contributed by atoms with Crippen molar-refractivity contribution in [3.05, 3.63) is 41.5 Å². The number of hydrogen-bond acceptors (Lipinski definition) is 5. The molecule has 3 heterocycles. The number of urea groups is 1. The van der Waals surface area contributed by atoms with E-state index in [2.05, 4.69) is 15.2 Å². The molecule has 2 aliphatic carbocycles. The third-order valence-corrected chi connectivity index (χ3v) is 8.63. The Balaban J connectivity index is 0.932. The van der Waals surface area contributed by atoms with Gasteiger partial charge in [0.15, 0.2) is 5.82 Å². The van der Waals surface area contributed by atoms with Crippen LogP contribution in [0, 0.1) is 5.41 Å². The summed E-state index contributed by atoms with van der Waals surface area (Å²) in [5.74, 6) is 2.38. The van der Waals surface area contributed by atoms with E-state index in [1.165, 1.54) is 0 Å². The summed E-state index contributed by atoms with van der Waals surface area (Å²) in [4.78, 5) is 19.9. The Morgan fingerprint density at radius 1 is 1.03 bits per heavy atom. The quantitative estimate of drug-likeness (QED) is 0.569. The van der Waals surface area contributed by atoms with Gasteiger partial charge >= 0.3 is 12.2 Å². The van der Waals surface area contributed by atoms with Gasteiger partial charge in [-0.3, -0.25) is 0 Å². The minimum absolute atomic E-state index is 0.00199. The molecule has 4 aliphatic rings. The minimum atomic E-state index is -4.15. The summed E-state index contributed by atoms with van der Waals surface area (Å²) in [7, 11) is 0. The second-order valence-corrected chi connectivity index (χ2v) is 11.2. The number of amides is 2. The van der Waals surface area contributed by atoms with E-state index in [1.54, 1.807) is 12.1 Å². The highest BCUT2D eigenvalue weighted by molar-refractivity contribution is 5.75. The van der Waals surface area contributed by atoms with Crippen LogP contribution in [0.15, 0.2) is 24.3 Å². The van der Waals surface area contributed by atoms with Gasteiger partial charge in [0, 0.05) is 38.0 Å². The van der Waals surface area contributed by atoms with Crippen LogP contribution in [0.3, 0.4) is 0 Å². The van der Waals surface area contributed by atoms with Crippen LogP contribution in [0.1, 0.15) is 74.0 Å². The van der Waals surface area contributed by atoms with Gasteiger partial charge in [-0.1, -0.05) is 12.1 Å². The fourth-order valence-corrected chi connectivity index (χ4v) is 5.44. The van der Waals surface area contributed by atoms with E-state index in [-0.39, 0.29) is 43.7 Å². The number of carbonyl (C=O) groups is 1. The standard InChI is InChI=1S/C26H32F3N5O3/c27-26(28,29)24(7-8-24)11-14-37-20-3-1-17(2-4-20)19-15-34(16-19)23(35)33-12-5-18(6-13-33)21-30-22(32-31-21)25(36)9-10-25/h1-4,18-19,36H,5-16H2,(H,30,31,32). The number of nitrogens with one attached hydrogen (secondary N) is 1. The van der Waals surface area contributed by atoms with E-state index >= 15 is 0 Å². The highest BCUT2D eigenvalue weighted by atomic mass is 19.4. The number of ether oxygens (including phenoxy) is 1. The zero-order chi connectivity index (χ0) is 25.8. The van der Waals surface area contributed by atoms with E-state index in [1.807, 2.05) is 21.9 Å². The number of halogens is 3. The molecule has 2 aliphatic heterocycles. The van der Waals surface area contributed by atoms with E-state index < -0.39 is 17.2 Å². The van der Waals surface area contributed by atoms with Crippen molar-refractivity contribution >= 4 is 6.03 Å². The summed E-state index contributed by atoms with van der Waals surface area (Å²) < 4.78 is 44.7. The van der Waals surface area contributed by atoms with Gasteiger partial charge in [-0.25, -0.2) is 4.79 Å². The number of hydrogen-bond donors (Lipinski definition) is 2. The van der Waals surface area contributed by atoms with Crippen LogP contribution >= 0.6 is 0 Å². The largest absolute Gasteiger partial charge is 0.494 e. The maximum absolute atomic E-state index is 13.0. The number of aromatic amines is 1. The van der Waals surface area contributed by atoms with E-state index in [0.29, 0.717) is 37.8 Å². The highest BCUT2D eigenvalue weighted by Gasteiger charge is 2.62. The maximum Gasteiger partial charge on any atom is 0.394 e. The highest BCUT2D eigenvalue weighted by Crippen LogP contribution is 2.59. The number of likely N-dealkylation sites (tertiary alicyclic amines) is 2. The average molecular weight is 520 g/mol. The predicted molar refractivity (Wildman–Crippen MR) is 127 cm³/mol. The van der Waals surface area contributed by atoms with Gasteiger partial charge in [0.25, 0.3) is 0 Å². The van der Waals surface area contributed by atoms with Crippen molar-refractivity contribution in [3.8, 4) is 5.75 Å². The fourth-order valence-electron chi connectivity index (χ4n) is 5.44. The first kappa shape index (κ1) is 24.5. The maximum atomic E-state index is 13.0. The number of benzene rings is 1. The van der Waals surface area contributed by atoms with E-state index in [4.69, 9.17) is 4.74 Å². The van der Waals surface area contributed by atoms with Gasteiger partial charge in [-0.2, -0.15) is 13.2 Å². The number of H-pyrrole nitrogens is 1. The first-order chi connectivity index (χ1) is 17.7. The third kappa shape index (κ3) is 4.78. The summed E-state index contributed by atoms with van der Waals surface area (Å²) >= 11 is 0. The number of rotatable bonds is 7. The zero-order valence-corrected chi connectivity index (χ0v) is 20.6. The first-order valence-corrected chi connectivity index (χ1v) is 13.1. The van der Waals surface area contributed by atoms with Crippen LogP contribution in [0.4, 0.5) is 18.0 Å². The number of alkyl halides is 3. The molecule has 0 atom stereocenters. The predicted octanol–water partition coefficient (Wildman–Crippen LogP) is 4.30. The van der Waals surface area contributed by atoms with Crippen molar-refractivity contribution in [1.29, 1.82) is 0 Å². The molecule has 1 aromatic heterocycles. The summed E-state index contributed by atoms with van der Waals surface area (Å²) in [6.07, 6.45) is -0.710. The lowest BCUT2D eigenvalue weighted by molar-refractivity contribution is -0.190. The molecular formula is C26H32F3N5O3. The number of aromatic nitrogens is 3. The van der Waals surface area contributed by atoms with Crippen LogP contribution in [0.2, 0.25) is 0 Å². The normalized spacial score (nSPS) is 23.0. The van der Waals surface area contributed by atoms with Crippen molar-refractivity contribution in [1.82, 2.24) is 25.0 Å². The van der Waals surface area contributed by atoms with Crippen LogP contribution < -0.4 is 4.74 Å². The Bertz CT molecular complexity index is 1130. The monoisotopic (exact) mass is 519 g/mol. The molecule has 0 radical (unpaired) electrons. The van der Waals surface area contributed by atoms with Crippen LogP contribution in [0.5, 0.6) is 5.75 Å². The Labute approximate surface area is 213 Å². The first-order valence-electron chi connectivity index (χ1n) is 13.1. The molecule has 0 spiro atoms. The molecule has 8 nitrogen and oxygen atoms in total. The zero-order valence-electron chi connectivity index (χ0n) is 20.6. The van der Waals surface area contributed by atoms with Crippen molar-refractivity contribution < 1.29 is 27.8 Å². The molecule has 0 unspecified atom stereocenters. The molecular weight excluding hydrogens is 487 g/mol. The SMILES string of the molecule is O=C(N1CCC(c2nnc(C3(O)CC3)[nH]2)CC1)N1CC(c2ccc(OCCC3(C(F)(F)F)CC3)cc2)C1. The Morgan fingerprint density at radius 3 is 2.30 bits per heavy atom. The number of carbonyl (C=O) groups excluding carboxylic acids is 1. The smallest absolute Gasteiger partial charge is 0.394 e. The second-order valence-electron chi connectivity index (χ2n) is 11.2. The molecule has 2 saturated heterocycles. The van der Waals surface area contributed by atoms with Gasteiger partial charge in [0.05, 0.1) is 12.0 Å². The van der Waals surface area contributed by atoms with Gasteiger partial charge in [-0.15, -0.1) is 10.2 Å². The number of piperidine rings is 1. The molecule has 1 aromatic carbocycles. The Morgan fingerprint density at radius 2 is 1.70 bits per heavy atom. The van der Waals surface area contributed by atoms with Crippen LogP contribution in [0.25, 0.3) is 0 Å². The molecule has 2 aromatic rings. The Kier molecular flexibility index (Phi) is 5.89. The van der Waals surface area contributed by atoms with Gasteiger partial charge in [-0.05, 0) is 62.6 Å². The molecule has 2 N–H and O–H groups in total. The topological polar surface area (TPSA) is 94.6 Å². The molecule has 2 amide bonds. The number of nitrogens with zero attached hydrogens (tertiary/aromatic N) is 4. The lowest BCUT2D eigenvalue weighted by atomic mass is 9.91. The van der Waals surface area contributed by atoms with Crippen molar-refractivity contribution in [2.75, 3.05) is 32.8 Å². The van der Waals surface area contributed by atoms with Gasteiger partial charge < -0.3 is 24.6 Å².